The van der Waals surface area contributed by atoms with Crippen LogP contribution < -0.4 is 0 Å². The maximum Gasteiger partial charge on any atom is 0.345 e. The van der Waals surface area contributed by atoms with Gasteiger partial charge in [-0.1, -0.05) is 35.5 Å². The van der Waals surface area contributed by atoms with Gasteiger partial charge in [0.1, 0.15) is 4.88 Å². The number of benzene rings is 2. The van der Waals surface area contributed by atoms with Crippen molar-refractivity contribution in [2.45, 2.75) is 16.7 Å². The summed E-state index contributed by atoms with van der Waals surface area (Å²) in [6, 6.07) is 16.1. The Morgan fingerprint density at radius 2 is 1.90 bits per heavy atom. The molecule has 0 radical (unpaired) electrons. The van der Waals surface area contributed by atoms with E-state index in [-0.39, 0.29) is 0 Å². The van der Waals surface area contributed by atoms with E-state index in [1.807, 2.05) is 18.2 Å². The lowest BCUT2D eigenvalue weighted by atomic mass is 10.2. The smallest absolute Gasteiger partial charge is 0.345 e. The molecule has 20 heavy (non-hydrogen) atoms. The third-order valence-corrected chi connectivity index (χ3v) is 5.15. The van der Waals surface area contributed by atoms with Crippen LogP contribution in [0.25, 0.3) is 10.1 Å². The van der Waals surface area contributed by atoms with E-state index in [1.54, 1.807) is 17.8 Å². The molecular formula is C16H12O2S2. The summed E-state index contributed by atoms with van der Waals surface area (Å²) >= 11 is 2.98. The third kappa shape index (κ3) is 2.57. The molecule has 0 saturated carbocycles. The SMILES string of the molecule is Cc1ccc(Sc2cccc3sc(C(=O)O)cc23)cc1. The molecule has 0 saturated heterocycles. The minimum absolute atomic E-state index is 0.386. The van der Waals surface area contributed by atoms with Crippen molar-refractivity contribution in [3.05, 3.63) is 59.0 Å². The van der Waals surface area contributed by atoms with Gasteiger partial charge in [-0.05, 0) is 37.3 Å². The molecule has 3 rings (SSSR count). The van der Waals surface area contributed by atoms with Crippen molar-refractivity contribution < 1.29 is 9.90 Å². The van der Waals surface area contributed by atoms with E-state index in [2.05, 4.69) is 31.2 Å². The Labute approximate surface area is 125 Å². The number of carboxylic acids is 1. The number of carboxylic acid groups (broad SMARTS) is 1. The van der Waals surface area contributed by atoms with Crippen LogP contribution in [-0.2, 0) is 0 Å². The molecule has 4 heteroatoms. The first-order valence-electron chi connectivity index (χ1n) is 6.14. The summed E-state index contributed by atoms with van der Waals surface area (Å²) in [5.74, 6) is -0.863. The highest BCUT2D eigenvalue weighted by Gasteiger charge is 2.11. The van der Waals surface area contributed by atoms with Crippen LogP contribution in [0.4, 0.5) is 0 Å². The van der Waals surface area contributed by atoms with Crippen molar-refractivity contribution in [2.24, 2.45) is 0 Å². The predicted molar refractivity (Wildman–Crippen MR) is 84.1 cm³/mol. The molecule has 1 N–H and O–H groups in total. The molecule has 0 bridgehead atoms. The summed E-state index contributed by atoms with van der Waals surface area (Å²) in [5.41, 5.74) is 1.23. The average Bonchev–Trinajstić information content (AvgIpc) is 2.87. The van der Waals surface area contributed by atoms with Crippen molar-refractivity contribution in [1.82, 2.24) is 0 Å². The molecule has 0 fully saturated rings. The van der Waals surface area contributed by atoms with E-state index in [0.29, 0.717) is 4.88 Å². The molecule has 0 aliphatic rings. The zero-order chi connectivity index (χ0) is 14.1. The number of hydrogen-bond donors (Lipinski definition) is 1. The molecular weight excluding hydrogens is 288 g/mol. The van der Waals surface area contributed by atoms with Gasteiger partial charge in [0.25, 0.3) is 0 Å². The average molecular weight is 300 g/mol. The Kier molecular flexibility index (Phi) is 3.51. The molecule has 0 spiro atoms. The molecule has 2 aromatic carbocycles. The Hall–Kier alpha value is -1.78. The minimum atomic E-state index is -0.863. The van der Waals surface area contributed by atoms with Crippen molar-refractivity contribution >= 4 is 39.2 Å². The number of aromatic carboxylic acids is 1. The van der Waals surface area contributed by atoms with E-state index in [0.717, 1.165) is 19.9 Å². The summed E-state index contributed by atoms with van der Waals surface area (Å²) in [6.45, 7) is 2.06. The Morgan fingerprint density at radius 1 is 1.15 bits per heavy atom. The Balaban J connectivity index is 2.02. The van der Waals surface area contributed by atoms with Gasteiger partial charge >= 0.3 is 5.97 Å². The molecule has 1 heterocycles. The maximum atomic E-state index is 11.1. The molecule has 0 atom stereocenters. The zero-order valence-corrected chi connectivity index (χ0v) is 12.4. The second-order valence-corrected chi connectivity index (χ2v) is 6.70. The Bertz CT molecular complexity index is 773. The van der Waals surface area contributed by atoms with E-state index < -0.39 is 5.97 Å². The van der Waals surface area contributed by atoms with Gasteiger partial charge in [-0.2, -0.15) is 0 Å². The van der Waals surface area contributed by atoms with Crippen LogP contribution in [-0.4, -0.2) is 11.1 Å². The molecule has 1 aromatic heterocycles. The standard InChI is InChI=1S/C16H12O2S2/c1-10-5-7-11(8-6-10)19-13-3-2-4-14-12(13)9-15(20-14)16(17)18/h2-9H,1H3,(H,17,18). The van der Waals surface area contributed by atoms with E-state index in [1.165, 1.54) is 16.9 Å². The lowest BCUT2D eigenvalue weighted by Gasteiger charge is -2.03. The van der Waals surface area contributed by atoms with Crippen molar-refractivity contribution in [1.29, 1.82) is 0 Å². The summed E-state index contributed by atoms with van der Waals surface area (Å²) in [6.07, 6.45) is 0. The lowest BCUT2D eigenvalue weighted by molar-refractivity contribution is 0.0702. The highest BCUT2D eigenvalue weighted by molar-refractivity contribution is 7.99. The van der Waals surface area contributed by atoms with Crippen LogP contribution in [0.3, 0.4) is 0 Å². The van der Waals surface area contributed by atoms with Crippen molar-refractivity contribution in [3.63, 3.8) is 0 Å². The van der Waals surface area contributed by atoms with Gasteiger partial charge in [-0.3, -0.25) is 0 Å². The number of hydrogen-bond acceptors (Lipinski definition) is 3. The molecule has 0 amide bonds. The summed E-state index contributed by atoms with van der Waals surface area (Å²) in [4.78, 5) is 13.7. The van der Waals surface area contributed by atoms with Gasteiger partial charge in [0, 0.05) is 19.9 Å². The molecule has 3 aromatic rings. The fourth-order valence-corrected chi connectivity index (χ4v) is 3.90. The van der Waals surface area contributed by atoms with E-state index in [9.17, 15) is 4.79 Å². The summed E-state index contributed by atoms with van der Waals surface area (Å²) in [5, 5.41) is 10.1. The van der Waals surface area contributed by atoms with E-state index in [4.69, 9.17) is 5.11 Å². The zero-order valence-electron chi connectivity index (χ0n) is 10.8. The van der Waals surface area contributed by atoms with Crippen LogP contribution >= 0.6 is 23.1 Å². The highest BCUT2D eigenvalue weighted by Crippen LogP contribution is 2.37. The predicted octanol–water partition coefficient (Wildman–Crippen LogP) is 5.06. The summed E-state index contributed by atoms with van der Waals surface area (Å²) in [7, 11) is 0. The van der Waals surface area contributed by atoms with Crippen LogP contribution in [0.2, 0.25) is 0 Å². The van der Waals surface area contributed by atoms with Crippen LogP contribution in [0.1, 0.15) is 15.2 Å². The van der Waals surface area contributed by atoms with Crippen molar-refractivity contribution in [3.8, 4) is 0 Å². The fraction of sp³-hybridized carbons (Fsp3) is 0.0625. The van der Waals surface area contributed by atoms with Gasteiger partial charge in [0.05, 0.1) is 0 Å². The van der Waals surface area contributed by atoms with Gasteiger partial charge in [-0.25, -0.2) is 4.79 Å². The lowest BCUT2D eigenvalue weighted by Crippen LogP contribution is -1.89. The van der Waals surface area contributed by atoms with Crippen molar-refractivity contribution in [2.75, 3.05) is 0 Å². The minimum Gasteiger partial charge on any atom is -0.477 e. The highest BCUT2D eigenvalue weighted by atomic mass is 32.2. The normalized spacial score (nSPS) is 10.8. The van der Waals surface area contributed by atoms with Gasteiger partial charge < -0.3 is 5.11 Å². The first-order valence-corrected chi connectivity index (χ1v) is 7.77. The largest absolute Gasteiger partial charge is 0.477 e. The first kappa shape index (κ1) is 13.2. The molecule has 0 aliphatic carbocycles. The maximum absolute atomic E-state index is 11.1. The van der Waals surface area contributed by atoms with Gasteiger partial charge in [-0.15, -0.1) is 11.3 Å². The topological polar surface area (TPSA) is 37.3 Å². The second-order valence-electron chi connectivity index (χ2n) is 4.50. The van der Waals surface area contributed by atoms with Gasteiger partial charge in [0.2, 0.25) is 0 Å². The first-order chi connectivity index (χ1) is 9.63. The number of fused-ring (bicyclic) bond motifs is 1. The quantitative estimate of drug-likeness (QED) is 0.734. The number of carbonyl (C=O) groups is 1. The molecule has 0 aliphatic heterocycles. The molecule has 2 nitrogen and oxygen atoms in total. The van der Waals surface area contributed by atoms with Crippen LogP contribution in [0.5, 0.6) is 0 Å². The third-order valence-electron chi connectivity index (χ3n) is 2.98. The van der Waals surface area contributed by atoms with E-state index >= 15 is 0 Å². The number of aryl methyl sites for hydroxylation is 1. The van der Waals surface area contributed by atoms with Gasteiger partial charge in [0.15, 0.2) is 0 Å². The molecule has 0 unspecified atom stereocenters. The number of thiophene rings is 1. The van der Waals surface area contributed by atoms with Crippen LogP contribution in [0.15, 0.2) is 58.3 Å². The Morgan fingerprint density at radius 3 is 2.60 bits per heavy atom. The molecule has 100 valence electrons. The fourth-order valence-electron chi connectivity index (χ4n) is 1.96. The number of rotatable bonds is 3. The summed E-state index contributed by atoms with van der Waals surface area (Å²) < 4.78 is 1.01. The monoisotopic (exact) mass is 300 g/mol. The van der Waals surface area contributed by atoms with Crippen LogP contribution in [0, 0.1) is 6.92 Å². The second kappa shape index (κ2) is 5.31.